The minimum atomic E-state index is -0.928. The second-order valence-corrected chi connectivity index (χ2v) is 4.76. The summed E-state index contributed by atoms with van der Waals surface area (Å²) in [5.41, 5.74) is 0.472. The first-order valence-electron chi connectivity index (χ1n) is 5.58. The normalized spacial score (nSPS) is 18.1. The molecule has 0 spiro atoms. The number of carboxylic acids is 1. The Kier molecular flexibility index (Phi) is 2.76. The molecule has 0 aromatic carbocycles. The van der Waals surface area contributed by atoms with Gasteiger partial charge in [-0.3, -0.25) is 0 Å². The molecular weight excluding hydrogens is 206 g/mol. The van der Waals surface area contributed by atoms with Crippen LogP contribution in [0.15, 0.2) is 10.5 Å². The van der Waals surface area contributed by atoms with E-state index >= 15 is 0 Å². The van der Waals surface area contributed by atoms with Crippen LogP contribution in [0.1, 0.15) is 48.1 Å². The summed E-state index contributed by atoms with van der Waals surface area (Å²) < 4.78 is 5.40. The van der Waals surface area contributed by atoms with Crippen LogP contribution in [0.2, 0.25) is 0 Å². The van der Waals surface area contributed by atoms with Crippen LogP contribution in [0.3, 0.4) is 0 Å². The fourth-order valence-corrected chi connectivity index (χ4v) is 2.03. The standard InChI is InChI=1S/C12H17NO3/c1-8-10(11(14)15)6-9(16-8)7-13-12(2)4-3-5-12/h6,13H,3-5,7H2,1-2H3,(H,14,15). The molecule has 2 N–H and O–H groups in total. The van der Waals surface area contributed by atoms with Gasteiger partial charge in [-0.1, -0.05) is 0 Å². The SMILES string of the molecule is Cc1oc(CNC2(C)CCC2)cc1C(=O)O. The van der Waals surface area contributed by atoms with E-state index < -0.39 is 5.97 Å². The molecule has 1 fully saturated rings. The van der Waals surface area contributed by atoms with E-state index in [1.165, 1.54) is 19.3 Å². The van der Waals surface area contributed by atoms with E-state index in [1.807, 2.05) is 0 Å². The van der Waals surface area contributed by atoms with E-state index in [9.17, 15) is 4.79 Å². The molecule has 1 aromatic heterocycles. The molecule has 4 nitrogen and oxygen atoms in total. The van der Waals surface area contributed by atoms with Gasteiger partial charge in [-0.2, -0.15) is 0 Å². The van der Waals surface area contributed by atoms with Gasteiger partial charge in [0.1, 0.15) is 17.1 Å². The van der Waals surface area contributed by atoms with Crippen LogP contribution in [0.25, 0.3) is 0 Å². The lowest BCUT2D eigenvalue weighted by molar-refractivity contribution is 0.0695. The molecule has 1 aliphatic carbocycles. The summed E-state index contributed by atoms with van der Waals surface area (Å²) in [4.78, 5) is 10.8. The number of nitrogens with one attached hydrogen (secondary N) is 1. The maximum absolute atomic E-state index is 10.8. The smallest absolute Gasteiger partial charge is 0.339 e. The Balaban J connectivity index is 1.99. The highest BCUT2D eigenvalue weighted by atomic mass is 16.4. The lowest BCUT2D eigenvalue weighted by Gasteiger charge is -2.39. The van der Waals surface area contributed by atoms with Crippen molar-refractivity contribution >= 4 is 5.97 Å². The molecule has 1 saturated carbocycles. The fourth-order valence-electron chi connectivity index (χ4n) is 2.03. The number of rotatable bonds is 4. The van der Waals surface area contributed by atoms with Crippen LogP contribution in [0.5, 0.6) is 0 Å². The van der Waals surface area contributed by atoms with Gasteiger partial charge in [0.25, 0.3) is 0 Å². The first-order valence-corrected chi connectivity index (χ1v) is 5.58. The Morgan fingerprint density at radius 1 is 1.62 bits per heavy atom. The summed E-state index contributed by atoms with van der Waals surface area (Å²) in [6.45, 7) is 4.47. The van der Waals surface area contributed by atoms with Crippen LogP contribution in [0, 0.1) is 6.92 Å². The van der Waals surface area contributed by atoms with Gasteiger partial charge in [0.2, 0.25) is 0 Å². The molecule has 0 radical (unpaired) electrons. The van der Waals surface area contributed by atoms with E-state index in [-0.39, 0.29) is 11.1 Å². The van der Waals surface area contributed by atoms with Crippen molar-refractivity contribution in [3.63, 3.8) is 0 Å². The highest BCUT2D eigenvalue weighted by Crippen LogP contribution is 2.31. The number of hydrogen-bond donors (Lipinski definition) is 2. The van der Waals surface area contributed by atoms with Crippen LogP contribution in [-0.4, -0.2) is 16.6 Å². The van der Waals surface area contributed by atoms with Gasteiger partial charge < -0.3 is 14.8 Å². The minimum Gasteiger partial charge on any atom is -0.478 e. The topological polar surface area (TPSA) is 62.5 Å². The van der Waals surface area contributed by atoms with E-state index in [0.717, 1.165) is 0 Å². The van der Waals surface area contributed by atoms with Crippen molar-refractivity contribution in [2.24, 2.45) is 0 Å². The molecule has 0 amide bonds. The molecular formula is C12H17NO3. The Morgan fingerprint density at radius 3 is 2.75 bits per heavy atom. The third kappa shape index (κ3) is 2.11. The van der Waals surface area contributed by atoms with Crippen LogP contribution >= 0.6 is 0 Å². The highest BCUT2D eigenvalue weighted by Gasteiger charge is 2.31. The Labute approximate surface area is 94.6 Å². The molecule has 2 rings (SSSR count). The van der Waals surface area contributed by atoms with Crippen LogP contribution in [0.4, 0.5) is 0 Å². The van der Waals surface area contributed by atoms with Gasteiger partial charge in [0.15, 0.2) is 0 Å². The predicted molar refractivity (Wildman–Crippen MR) is 59.5 cm³/mol. The first kappa shape index (κ1) is 11.2. The largest absolute Gasteiger partial charge is 0.478 e. The molecule has 16 heavy (non-hydrogen) atoms. The van der Waals surface area contributed by atoms with E-state index in [4.69, 9.17) is 9.52 Å². The van der Waals surface area contributed by atoms with Gasteiger partial charge in [-0.15, -0.1) is 0 Å². The molecule has 88 valence electrons. The summed E-state index contributed by atoms with van der Waals surface area (Å²) in [6.07, 6.45) is 3.62. The molecule has 0 bridgehead atoms. The monoisotopic (exact) mass is 223 g/mol. The van der Waals surface area contributed by atoms with Crippen molar-refractivity contribution in [1.82, 2.24) is 5.32 Å². The number of furan rings is 1. The van der Waals surface area contributed by atoms with Crippen molar-refractivity contribution in [2.75, 3.05) is 0 Å². The van der Waals surface area contributed by atoms with E-state index in [1.54, 1.807) is 13.0 Å². The van der Waals surface area contributed by atoms with Crippen molar-refractivity contribution < 1.29 is 14.3 Å². The fraction of sp³-hybridized carbons (Fsp3) is 0.583. The van der Waals surface area contributed by atoms with Crippen molar-refractivity contribution in [1.29, 1.82) is 0 Å². The zero-order chi connectivity index (χ0) is 11.8. The van der Waals surface area contributed by atoms with Gasteiger partial charge in [0, 0.05) is 5.54 Å². The Morgan fingerprint density at radius 2 is 2.31 bits per heavy atom. The van der Waals surface area contributed by atoms with Gasteiger partial charge in [-0.05, 0) is 39.2 Å². The summed E-state index contributed by atoms with van der Waals surface area (Å²) in [7, 11) is 0. The first-order chi connectivity index (χ1) is 7.50. The lowest BCUT2D eigenvalue weighted by Crippen LogP contribution is -2.47. The number of aromatic carboxylic acids is 1. The average Bonchev–Trinajstić information content (AvgIpc) is 2.54. The van der Waals surface area contributed by atoms with Gasteiger partial charge >= 0.3 is 5.97 Å². The Hall–Kier alpha value is -1.29. The zero-order valence-electron chi connectivity index (χ0n) is 9.67. The lowest BCUT2D eigenvalue weighted by atomic mass is 9.78. The third-order valence-electron chi connectivity index (χ3n) is 3.35. The van der Waals surface area contributed by atoms with E-state index in [2.05, 4.69) is 12.2 Å². The predicted octanol–water partition coefficient (Wildman–Crippen LogP) is 2.32. The average molecular weight is 223 g/mol. The van der Waals surface area contributed by atoms with E-state index in [0.29, 0.717) is 18.1 Å². The molecule has 1 heterocycles. The highest BCUT2D eigenvalue weighted by molar-refractivity contribution is 5.88. The molecule has 0 unspecified atom stereocenters. The van der Waals surface area contributed by atoms with Crippen molar-refractivity contribution in [3.05, 3.63) is 23.2 Å². The summed E-state index contributed by atoms with van der Waals surface area (Å²) in [5.74, 6) is 0.244. The summed E-state index contributed by atoms with van der Waals surface area (Å²) in [6, 6.07) is 1.60. The van der Waals surface area contributed by atoms with Gasteiger partial charge in [0.05, 0.1) is 6.54 Å². The summed E-state index contributed by atoms with van der Waals surface area (Å²) in [5, 5.41) is 12.3. The Bertz CT molecular complexity index is 404. The molecule has 1 aromatic rings. The van der Waals surface area contributed by atoms with Crippen molar-refractivity contribution in [2.45, 2.75) is 45.2 Å². The van der Waals surface area contributed by atoms with Gasteiger partial charge in [-0.25, -0.2) is 4.79 Å². The number of carboxylic acid groups (broad SMARTS) is 1. The molecule has 0 atom stereocenters. The zero-order valence-corrected chi connectivity index (χ0v) is 9.67. The summed E-state index contributed by atoms with van der Waals surface area (Å²) >= 11 is 0. The maximum atomic E-state index is 10.8. The quantitative estimate of drug-likeness (QED) is 0.822. The molecule has 4 heteroatoms. The third-order valence-corrected chi connectivity index (χ3v) is 3.35. The molecule has 0 aliphatic heterocycles. The van der Waals surface area contributed by atoms with Crippen molar-refractivity contribution in [3.8, 4) is 0 Å². The second-order valence-electron chi connectivity index (χ2n) is 4.76. The molecule has 1 aliphatic rings. The second kappa shape index (κ2) is 3.94. The molecule has 0 saturated heterocycles. The van der Waals surface area contributed by atoms with Crippen LogP contribution < -0.4 is 5.32 Å². The number of carbonyl (C=O) groups is 1. The maximum Gasteiger partial charge on any atom is 0.339 e. The number of hydrogen-bond acceptors (Lipinski definition) is 3. The minimum absolute atomic E-state index is 0.212. The van der Waals surface area contributed by atoms with Crippen LogP contribution in [-0.2, 0) is 6.54 Å². The number of aryl methyl sites for hydroxylation is 1.